The molecule has 2 amide bonds. The fourth-order valence-electron chi connectivity index (χ4n) is 3.68. The summed E-state index contributed by atoms with van der Waals surface area (Å²) in [6, 6.07) is 3.70. The molecule has 0 unspecified atom stereocenters. The predicted molar refractivity (Wildman–Crippen MR) is 128 cm³/mol. The molecule has 1 atom stereocenters. The number of pyridine rings is 1. The predicted octanol–water partition coefficient (Wildman–Crippen LogP) is 3.86. The summed E-state index contributed by atoms with van der Waals surface area (Å²) in [6.07, 6.45) is 3.77. The van der Waals surface area contributed by atoms with Crippen LogP contribution in [0.25, 0.3) is 11.1 Å². The fraction of sp³-hybridized carbons (Fsp3) is 0.348. The van der Waals surface area contributed by atoms with Crippen LogP contribution >= 0.6 is 23.2 Å². The molecule has 1 aliphatic rings. The summed E-state index contributed by atoms with van der Waals surface area (Å²) in [5, 5.41) is 13.6. The number of amides is 2. The Balaban J connectivity index is 1.50. The molecule has 2 N–H and O–H groups in total. The molecule has 2 heterocycles. The summed E-state index contributed by atoms with van der Waals surface area (Å²) in [4.78, 5) is 29.6. The van der Waals surface area contributed by atoms with Crippen molar-refractivity contribution >= 4 is 35.0 Å². The fourth-order valence-corrected chi connectivity index (χ4v) is 4.23. The first-order valence-electron chi connectivity index (χ1n) is 10.9. The second-order valence-electron chi connectivity index (χ2n) is 8.29. The number of nitrogens with one attached hydrogen (secondary N) is 2. The first-order chi connectivity index (χ1) is 16.6. The van der Waals surface area contributed by atoms with Crippen LogP contribution in [-0.2, 0) is 11.8 Å². The van der Waals surface area contributed by atoms with Gasteiger partial charge in [0.05, 0.1) is 23.4 Å². The van der Waals surface area contributed by atoms with Crippen LogP contribution in [0, 0.1) is 5.82 Å². The Morgan fingerprint density at radius 2 is 2.03 bits per heavy atom. The first-order valence-corrected chi connectivity index (χ1v) is 11.7. The monoisotopic (exact) mass is 520 g/mol. The van der Waals surface area contributed by atoms with Gasteiger partial charge < -0.3 is 19.9 Å². The van der Waals surface area contributed by atoms with E-state index in [0.717, 1.165) is 0 Å². The molecular formula is C23H23Cl2FN6O3. The number of carbonyl (C=O) groups is 2. The Morgan fingerprint density at radius 1 is 1.29 bits per heavy atom. The smallest absolute Gasteiger partial charge is 0.290 e. The van der Waals surface area contributed by atoms with Gasteiger partial charge in [0.15, 0.2) is 0 Å². The molecule has 9 nitrogen and oxygen atoms in total. The van der Waals surface area contributed by atoms with Crippen LogP contribution in [0.15, 0.2) is 30.7 Å². The van der Waals surface area contributed by atoms with Crippen molar-refractivity contribution in [2.75, 3.05) is 6.61 Å². The molecule has 3 aromatic rings. The van der Waals surface area contributed by atoms with Crippen LogP contribution in [0.4, 0.5) is 4.39 Å². The highest BCUT2D eigenvalue weighted by atomic mass is 35.5. The highest BCUT2D eigenvalue weighted by Crippen LogP contribution is 2.40. The lowest BCUT2D eigenvalue weighted by atomic mass is 10.0. The van der Waals surface area contributed by atoms with Crippen molar-refractivity contribution < 1.29 is 18.7 Å². The third-order valence-corrected chi connectivity index (χ3v) is 6.19. The molecule has 0 spiro atoms. The van der Waals surface area contributed by atoms with Gasteiger partial charge in [0, 0.05) is 29.4 Å². The van der Waals surface area contributed by atoms with Gasteiger partial charge in [-0.2, -0.15) is 0 Å². The highest BCUT2D eigenvalue weighted by molar-refractivity contribution is 6.36. The number of rotatable bonds is 8. The zero-order valence-electron chi connectivity index (χ0n) is 19.2. The Hall–Kier alpha value is -3.24. The van der Waals surface area contributed by atoms with Gasteiger partial charge in [-0.1, -0.05) is 23.2 Å². The van der Waals surface area contributed by atoms with Gasteiger partial charge in [0.25, 0.3) is 5.91 Å². The van der Waals surface area contributed by atoms with Crippen molar-refractivity contribution in [2.45, 2.75) is 38.3 Å². The number of benzene rings is 1. The van der Waals surface area contributed by atoms with E-state index in [2.05, 4.69) is 25.8 Å². The topological polar surface area (TPSA) is 111 Å². The van der Waals surface area contributed by atoms with E-state index in [1.54, 1.807) is 26.1 Å². The normalized spacial score (nSPS) is 14.8. The molecule has 4 rings (SSSR count). The Labute approximate surface area is 211 Å². The lowest BCUT2D eigenvalue weighted by molar-refractivity contribution is -0.124. The summed E-state index contributed by atoms with van der Waals surface area (Å²) >= 11 is 12.4. The number of ether oxygens (including phenoxy) is 1. The second-order valence-corrected chi connectivity index (χ2v) is 9.13. The lowest BCUT2D eigenvalue weighted by Crippen LogP contribution is -2.50. The van der Waals surface area contributed by atoms with Crippen LogP contribution in [0.2, 0.25) is 10.0 Å². The number of carbonyl (C=O) groups excluding carboxylic acids is 2. The van der Waals surface area contributed by atoms with Gasteiger partial charge in [0.1, 0.15) is 23.4 Å². The van der Waals surface area contributed by atoms with E-state index >= 15 is 4.39 Å². The standard InChI is InChI=1S/C23H23Cl2FN6O3/c1-4-35-19-15(8-14(24)9-16(19)25)13-7-17(26)18(27-10-13)12(2)29-22(34)23(5-6-23)30-21(33)20-31-28-11-32(20)3/h7-12H,4-6H2,1-3H3,(H,29,34)(H,30,33)/t12-/m1/s1. The number of nitrogens with zero attached hydrogens (tertiary/aromatic N) is 4. The van der Waals surface area contributed by atoms with Gasteiger partial charge >= 0.3 is 0 Å². The van der Waals surface area contributed by atoms with Gasteiger partial charge in [-0.25, -0.2) is 4.39 Å². The first kappa shape index (κ1) is 24.9. The van der Waals surface area contributed by atoms with E-state index in [1.165, 1.54) is 23.2 Å². The van der Waals surface area contributed by atoms with Crippen molar-refractivity contribution in [3.63, 3.8) is 0 Å². The molecular weight excluding hydrogens is 498 g/mol. The Bertz CT molecular complexity index is 1290. The van der Waals surface area contributed by atoms with E-state index in [-0.39, 0.29) is 11.5 Å². The molecule has 0 bridgehead atoms. The van der Waals surface area contributed by atoms with Crippen LogP contribution in [0.3, 0.4) is 0 Å². The van der Waals surface area contributed by atoms with E-state index < -0.39 is 29.2 Å². The maximum atomic E-state index is 15.1. The van der Waals surface area contributed by atoms with Crippen molar-refractivity contribution in [3.05, 3.63) is 58.1 Å². The highest BCUT2D eigenvalue weighted by Gasteiger charge is 2.52. The molecule has 1 aliphatic carbocycles. The number of aryl methyl sites for hydroxylation is 1. The zero-order chi connectivity index (χ0) is 25.3. The van der Waals surface area contributed by atoms with Crippen LogP contribution in [-0.4, -0.2) is 43.7 Å². The number of hydrogen-bond donors (Lipinski definition) is 2. The summed E-state index contributed by atoms with van der Waals surface area (Å²) in [6.45, 7) is 3.79. The quantitative estimate of drug-likeness (QED) is 0.466. The van der Waals surface area contributed by atoms with Crippen molar-refractivity contribution in [3.8, 4) is 16.9 Å². The third-order valence-electron chi connectivity index (χ3n) is 5.69. The van der Waals surface area contributed by atoms with E-state index in [4.69, 9.17) is 27.9 Å². The van der Waals surface area contributed by atoms with Gasteiger partial charge in [0.2, 0.25) is 11.7 Å². The molecule has 0 aliphatic heterocycles. The molecule has 1 fully saturated rings. The number of halogens is 3. The van der Waals surface area contributed by atoms with Crippen molar-refractivity contribution in [1.29, 1.82) is 0 Å². The largest absolute Gasteiger partial charge is 0.492 e. The maximum Gasteiger partial charge on any atom is 0.290 e. The minimum Gasteiger partial charge on any atom is -0.492 e. The minimum atomic E-state index is -1.07. The third kappa shape index (κ3) is 5.08. The second kappa shape index (κ2) is 9.79. The number of hydrogen-bond acceptors (Lipinski definition) is 6. The van der Waals surface area contributed by atoms with Gasteiger partial charge in [-0.15, -0.1) is 10.2 Å². The molecule has 2 aromatic heterocycles. The van der Waals surface area contributed by atoms with Crippen LogP contribution in [0.1, 0.15) is 49.0 Å². The molecule has 184 valence electrons. The van der Waals surface area contributed by atoms with Gasteiger partial charge in [-0.05, 0) is 44.9 Å². The lowest BCUT2D eigenvalue weighted by Gasteiger charge is -2.21. The average molecular weight is 521 g/mol. The summed E-state index contributed by atoms with van der Waals surface area (Å²) < 4.78 is 22.2. The summed E-state index contributed by atoms with van der Waals surface area (Å²) in [5.74, 6) is -1.09. The summed E-state index contributed by atoms with van der Waals surface area (Å²) in [7, 11) is 1.63. The van der Waals surface area contributed by atoms with Crippen molar-refractivity contribution in [1.82, 2.24) is 30.4 Å². The van der Waals surface area contributed by atoms with E-state index in [9.17, 15) is 9.59 Å². The molecule has 35 heavy (non-hydrogen) atoms. The molecule has 1 saturated carbocycles. The molecule has 0 saturated heterocycles. The van der Waals surface area contributed by atoms with Gasteiger partial charge in [-0.3, -0.25) is 14.6 Å². The van der Waals surface area contributed by atoms with Crippen LogP contribution in [0.5, 0.6) is 5.75 Å². The molecule has 0 radical (unpaired) electrons. The molecule has 12 heteroatoms. The Kier molecular flexibility index (Phi) is 6.95. The maximum absolute atomic E-state index is 15.1. The zero-order valence-corrected chi connectivity index (χ0v) is 20.7. The van der Waals surface area contributed by atoms with E-state index in [0.29, 0.717) is 46.4 Å². The number of aromatic nitrogens is 4. The van der Waals surface area contributed by atoms with E-state index in [1.807, 2.05) is 6.92 Å². The summed E-state index contributed by atoms with van der Waals surface area (Å²) in [5.41, 5.74) is -0.101. The average Bonchev–Trinajstić information content (AvgIpc) is 3.46. The Morgan fingerprint density at radius 3 is 2.63 bits per heavy atom. The van der Waals surface area contributed by atoms with Crippen molar-refractivity contribution in [2.24, 2.45) is 7.05 Å². The van der Waals surface area contributed by atoms with Crippen LogP contribution < -0.4 is 15.4 Å². The molecule has 1 aromatic carbocycles. The minimum absolute atomic E-state index is 0.0450. The SMILES string of the molecule is CCOc1c(Cl)cc(Cl)cc1-c1cnc([C@@H](C)NC(=O)C2(NC(=O)c3nncn3C)CC2)c(F)c1.